The van der Waals surface area contributed by atoms with E-state index in [1.165, 1.54) is 0 Å². The summed E-state index contributed by atoms with van der Waals surface area (Å²) in [6.45, 7) is 6.57. The third-order valence-electron chi connectivity index (χ3n) is 2.08. The van der Waals surface area contributed by atoms with Gasteiger partial charge < -0.3 is 18.9 Å². The molecule has 2 fully saturated rings. The highest BCUT2D eigenvalue weighted by molar-refractivity contribution is 4.72. The summed E-state index contributed by atoms with van der Waals surface area (Å²) in [6, 6.07) is 0. The largest absolute Gasteiger partial charge is 0.376 e. The molecule has 0 unspecified atom stereocenters. The van der Waals surface area contributed by atoms with Crippen molar-refractivity contribution >= 4 is 0 Å². The third kappa shape index (κ3) is 2.91. The van der Waals surface area contributed by atoms with Crippen LogP contribution in [0.5, 0.6) is 0 Å². The van der Waals surface area contributed by atoms with Gasteiger partial charge in [0.05, 0.1) is 26.4 Å². The SMILES string of the molecule is CC1(C)OC[C@@H](COC[C@@H]2CO2)O1. The molecular formula is C9H16O4. The van der Waals surface area contributed by atoms with Gasteiger partial charge in [-0.05, 0) is 13.8 Å². The minimum atomic E-state index is -0.440. The first-order valence-corrected chi connectivity index (χ1v) is 4.67. The highest BCUT2D eigenvalue weighted by Crippen LogP contribution is 2.22. The van der Waals surface area contributed by atoms with Crippen molar-refractivity contribution in [2.45, 2.75) is 31.8 Å². The maximum absolute atomic E-state index is 5.56. The lowest BCUT2D eigenvalue weighted by atomic mass is 10.4. The second-order valence-electron chi connectivity index (χ2n) is 3.94. The van der Waals surface area contributed by atoms with Gasteiger partial charge in [-0.25, -0.2) is 0 Å². The number of rotatable bonds is 4. The van der Waals surface area contributed by atoms with Gasteiger partial charge in [-0.3, -0.25) is 0 Å². The zero-order valence-corrected chi connectivity index (χ0v) is 8.12. The summed E-state index contributed by atoms with van der Waals surface area (Å²) >= 11 is 0. The monoisotopic (exact) mass is 188 g/mol. The maximum Gasteiger partial charge on any atom is 0.163 e. The zero-order chi connectivity index (χ0) is 9.31. The first-order chi connectivity index (χ1) is 6.16. The van der Waals surface area contributed by atoms with Crippen molar-refractivity contribution in [2.75, 3.05) is 26.4 Å². The number of epoxide rings is 1. The molecule has 2 atom stereocenters. The molecule has 0 aromatic rings. The molecule has 0 radical (unpaired) electrons. The summed E-state index contributed by atoms with van der Waals surface area (Å²) in [5.41, 5.74) is 0. The van der Waals surface area contributed by atoms with Crippen LogP contribution < -0.4 is 0 Å². The molecule has 0 aliphatic carbocycles. The van der Waals surface area contributed by atoms with Crippen LogP contribution in [-0.2, 0) is 18.9 Å². The highest BCUT2D eigenvalue weighted by atomic mass is 16.7. The molecule has 0 aromatic carbocycles. The van der Waals surface area contributed by atoms with E-state index in [2.05, 4.69) is 0 Å². The Hall–Kier alpha value is -0.160. The Morgan fingerprint density at radius 1 is 1.23 bits per heavy atom. The topological polar surface area (TPSA) is 40.2 Å². The van der Waals surface area contributed by atoms with Crippen molar-refractivity contribution in [3.05, 3.63) is 0 Å². The zero-order valence-electron chi connectivity index (χ0n) is 8.12. The van der Waals surface area contributed by atoms with Crippen molar-refractivity contribution in [3.8, 4) is 0 Å². The maximum atomic E-state index is 5.56. The summed E-state index contributed by atoms with van der Waals surface area (Å²) in [5, 5.41) is 0. The Balaban J connectivity index is 1.59. The van der Waals surface area contributed by atoms with E-state index in [0.29, 0.717) is 25.9 Å². The quantitative estimate of drug-likeness (QED) is 0.604. The van der Waals surface area contributed by atoms with Crippen LogP contribution in [0.1, 0.15) is 13.8 Å². The third-order valence-corrected chi connectivity index (χ3v) is 2.08. The van der Waals surface area contributed by atoms with Crippen LogP contribution in [0.2, 0.25) is 0 Å². The van der Waals surface area contributed by atoms with Crippen molar-refractivity contribution < 1.29 is 18.9 Å². The van der Waals surface area contributed by atoms with Crippen LogP contribution in [-0.4, -0.2) is 44.4 Å². The van der Waals surface area contributed by atoms with Crippen LogP contribution in [0.3, 0.4) is 0 Å². The Morgan fingerprint density at radius 2 is 1.92 bits per heavy atom. The summed E-state index contributed by atoms with van der Waals surface area (Å²) in [6.07, 6.45) is 0.407. The van der Waals surface area contributed by atoms with E-state index in [0.717, 1.165) is 6.61 Å². The van der Waals surface area contributed by atoms with Crippen LogP contribution in [0, 0.1) is 0 Å². The lowest BCUT2D eigenvalue weighted by Gasteiger charge is -2.16. The molecule has 2 heterocycles. The van der Waals surface area contributed by atoms with Crippen LogP contribution in [0.25, 0.3) is 0 Å². The van der Waals surface area contributed by atoms with E-state index in [-0.39, 0.29) is 6.10 Å². The van der Waals surface area contributed by atoms with E-state index in [1.807, 2.05) is 13.8 Å². The first kappa shape index (κ1) is 9.40. The normalized spacial score (nSPS) is 36.5. The van der Waals surface area contributed by atoms with E-state index in [4.69, 9.17) is 18.9 Å². The van der Waals surface area contributed by atoms with E-state index >= 15 is 0 Å². The van der Waals surface area contributed by atoms with Gasteiger partial charge in [-0.1, -0.05) is 0 Å². The van der Waals surface area contributed by atoms with Crippen LogP contribution in [0.15, 0.2) is 0 Å². The van der Waals surface area contributed by atoms with Crippen molar-refractivity contribution in [2.24, 2.45) is 0 Å². The van der Waals surface area contributed by atoms with Gasteiger partial charge in [0.15, 0.2) is 5.79 Å². The Kier molecular flexibility index (Phi) is 2.55. The summed E-state index contributed by atoms with van der Waals surface area (Å²) in [4.78, 5) is 0. The van der Waals surface area contributed by atoms with Crippen molar-refractivity contribution in [3.63, 3.8) is 0 Å². The van der Waals surface area contributed by atoms with Gasteiger partial charge in [-0.15, -0.1) is 0 Å². The number of hydrogen-bond acceptors (Lipinski definition) is 4. The molecule has 2 aliphatic rings. The van der Waals surface area contributed by atoms with E-state index in [9.17, 15) is 0 Å². The van der Waals surface area contributed by atoms with Crippen LogP contribution in [0.4, 0.5) is 0 Å². The summed E-state index contributed by atoms with van der Waals surface area (Å²) < 4.78 is 21.4. The Bertz CT molecular complexity index is 176. The fourth-order valence-electron chi connectivity index (χ4n) is 1.34. The van der Waals surface area contributed by atoms with Crippen molar-refractivity contribution in [1.29, 1.82) is 0 Å². The molecular weight excluding hydrogens is 172 g/mol. The average molecular weight is 188 g/mol. The molecule has 2 rings (SSSR count). The predicted octanol–water partition coefficient (Wildman–Crippen LogP) is 0.553. The fraction of sp³-hybridized carbons (Fsp3) is 1.00. The van der Waals surface area contributed by atoms with Gasteiger partial charge in [-0.2, -0.15) is 0 Å². The molecule has 0 N–H and O–H groups in total. The molecule has 13 heavy (non-hydrogen) atoms. The smallest absolute Gasteiger partial charge is 0.163 e. The molecule has 4 nitrogen and oxygen atoms in total. The fourth-order valence-corrected chi connectivity index (χ4v) is 1.34. The lowest BCUT2D eigenvalue weighted by Crippen LogP contribution is -2.24. The summed E-state index contributed by atoms with van der Waals surface area (Å²) in [7, 11) is 0. The molecule has 76 valence electrons. The molecule has 0 amide bonds. The molecule has 0 spiro atoms. The minimum Gasteiger partial charge on any atom is -0.376 e. The molecule has 4 heteroatoms. The molecule has 0 saturated carbocycles. The Labute approximate surface area is 78.1 Å². The highest BCUT2D eigenvalue weighted by Gasteiger charge is 2.33. The van der Waals surface area contributed by atoms with Crippen LogP contribution >= 0.6 is 0 Å². The number of hydrogen-bond donors (Lipinski definition) is 0. The molecule has 2 saturated heterocycles. The van der Waals surface area contributed by atoms with Gasteiger partial charge >= 0.3 is 0 Å². The molecule has 2 aliphatic heterocycles. The average Bonchev–Trinajstić information content (AvgIpc) is 2.78. The lowest BCUT2D eigenvalue weighted by molar-refractivity contribution is -0.145. The van der Waals surface area contributed by atoms with Gasteiger partial charge in [0.25, 0.3) is 0 Å². The van der Waals surface area contributed by atoms with Gasteiger partial charge in [0, 0.05) is 0 Å². The standard InChI is InChI=1S/C9H16O4/c1-9(2)12-6-8(13-9)4-10-3-7-5-11-7/h7-8H,3-6H2,1-2H3/t7-,8-/m1/s1. The molecule has 0 bridgehead atoms. The summed E-state index contributed by atoms with van der Waals surface area (Å²) in [5.74, 6) is -0.440. The number of ether oxygens (including phenoxy) is 4. The van der Waals surface area contributed by atoms with E-state index < -0.39 is 5.79 Å². The Morgan fingerprint density at radius 3 is 2.46 bits per heavy atom. The minimum absolute atomic E-state index is 0.0775. The first-order valence-electron chi connectivity index (χ1n) is 4.67. The van der Waals surface area contributed by atoms with Crippen molar-refractivity contribution in [1.82, 2.24) is 0 Å². The predicted molar refractivity (Wildman–Crippen MR) is 45.5 cm³/mol. The molecule has 0 aromatic heterocycles. The van der Waals surface area contributed by atoms with Gasteiger partial charge in [0.2, 0.25) is 0 Å². The van der Waals surface area contributed by atoms with E-state index in [1.54, 1.807) is 0 Å². The van der Waals surface area contributed by atoms with Gasteiger partial charge in [0.1, 0.15) is 12.2 Å². The second kappa shape index (κ2) is 3.53. The second-order valence-corrected chi connectivity index (χ2v) is 3.94.